The molecule has 0 fully saturated rings. The zero-order valence-electron chi connectivity index (χ0n) is 10.0. The normalized spacial score (nSPS) is 12.5. The highest BCUT2D eigenvalue weighted by molar-refractivity contribution is 5.29. The summed E-state index contributed by atoms with van der Waals surface area (Å²) in [5.41, 5.74) is 4.04. The lowest BCUT2D eigenvalue weighted by molar-refractivity contribution is 0.580. The molecule has 0 saturated carbocycles. The molecule has 1 unspecified atom stereocenters. The topological polar surface area (TPSA) is 12.0 Å². The van der Waals surface area contributed by atoms with Gasteiger partial charge in [-0.2, -0.15) is 0 Å². The zero-order valence-corrected chi connectivity index (χ0v) is 10.0. The van der Waals surface area contributed by atoms with Crippen molar-refractivity contribution in [2.75, 3.05) is 7.05 Å². The molecule has 0 saturated heterocycles. The third kappa shape index (κ3) is 3.21. The maximum atomic E-state index is 4.08. The lowest BCUT2D eigenvalue weighted by Gasteiger charge is -2.19. The molecule has 0 aliphatic rings. The molecule has 15 heavy (non-hydrogen) atoms. The van der Waals surface area contributed by atoms with Gasteiger partial charge in [0.2, 0.25) is 0 Å². The van der Waals surface area contributed by atoms with Crippen molar-refractivity contribution >= 4 is 0 Å². The predicted molar refractivity (Wildman–Crippen MR) is 67.0 cm³/mol. The second-order valence-electron chi connectivity index (χ2n) is 4.01. The van der Waals surface area contributed by atoms with Crippen LogP contribution >= 0.6 is 0 Å². The first kappa shape index (κ1) is 12.0. The van der Waals surface area contributed by atoms with Gasteiger partial charge in [0, 0.05) is 6.04 Å². The SMILES string of the molecule is C=C(CC)CC(NC)c1ccccc1C. The smallest absolute Gasteiger partial charge is 0.0357 e. The van der Waals surface area contributed by atoms with Gasteiger partial charge in [0.05, 0.1) is 0 Å². The standard InChI is InChI=1S/C14H21N/c1-5-11(2)10-14(15-4)13-9-7-6-8-12(13)3/h6-9,14-15H,2,5,10H2,1,3-4H3. The van der Waals surface area contributed by atoms with Crippen LogP contribution in [0.3, 0.4) is 0 Å². The van der Waals surface area contributed by atoms with Crippen molar-refractivity contribution in [2.45, 2.75) is 32.7 Å². The molecule has 82 valence electrons. The largest absolute Gasteiger partial charge is 0.313 e. The van der Waals surface area contributed by atoms with Crippen LogP contribution in [0.2, 0.25) is 0 Å². The van der Waals surface area contributed by atoms with Gasteiger partial charge in [-0.3, -0.25) is 0 Å². The third-order valence-electron chi connectivity index (χ3n) is 2.91. The fourth-order valence-corrected chi connectivity index (χ4v) is 1.78. The van der Waals surface area contributed by atoms with Crippen molar-refractivity contribution in [3.05, 3.63) is 47.5 Å². The molecule has 1 atom stereocenters. The van der Waals surface area contributed by atoms with E-state index in [9.17, 15) is 0 Å². The molecule has 0 aromatic heterocycles. The average Bonchev–Trinajstić information content (AvgIpc) is 2.26. The maximum Gasteiger partial charge on any atom is 0.0357 e. The molecule has 0 heterocycles. The summed E-state index contributed by atoms with van der Waals surface area (Å²) < 4.78 is 0. The Kier molecular flexibility index (Phi) is 4.57. The summed E-state index contributed by atoms with van der Waals surface area (Å²) in [6.45, 7) is 8.40. The quantitative estimate of drug-likeness (QED) is 0.721. The van der Waals surface area contributed by atoms with Gasteiger partial charge in [-0.1, -0.05) is 43.3 Å². The molecule has 0 radical (unpaired) electrons. The van der Waals surface area contributed by atoms with E-state index in [-0.39, 0.29) is 0 Å². The molecule has 1 aromatic carbocycles. The molecule has 1 heteroatoms. The monoisotopic (exact) mass is 203 g/mol. The van der Waals surface area contributed by atoms with E-state index in [0.29, 0.717) is 6.04 Å². The second kappa shape index (κ2) is 5.72. The predicted octanol–water partition coefficient (Wildman–Crippen LogP) is 3.61. The minimum Gasteiger partial charge on any atom is -0.313 e. The molecular formula is C14H21N. The first-order valence-electron chi connectivity index (χ1n) is 5.58. The van der Waals surface area contributed by atoms with E-state index in [1.807, 2.05) is 7.05 Å². The number of hydrogen-bond acceptors (Lipinski definition) is 1. The van der Waals surface area contributed by atoms with Gasteiger partial charge < -0.3 is 5.32 Å². The van der Waals surface area contributed by atoms with Crippen LogP contribution < -0.4 is 5.32 Å². The van der Waals surface area contributed by atoms with E-state index < -0.39 is 0 Å². The molecule has 1 N–H and O–H groups in total. The number of nitrogens with one attached hydrogen (secondary N) is 1. The van der Waals surface area contributed by atoms with E-state index in [1.165, 1.54) is 16.7 Å². The Morgan fingerprint density at radius 2 is 2.07 bits per heavy atom. The zero-order chi connectivity index (χ0) is 11.3. The molecule has 1 rings (SSSR count). The molecule has 0 spiro atoms. The molecular weight excluding hydrogens is 182 g/mol. The Balaban J connectivity index is 2.83. The second-order valence-corrected chi connectivity index (χ2v) is 4.01. The minimum atomic E-state index is 0.402. The first-order chi connectivity index (χ1) is 7.19. The summed E-state index contributed by atoms with van der Waals surface area (Å²) in [7, 11) is 2.01. The van der Waals surface area contributed by atoms with Crippen molar-refractivity contribution in [3.63, 3.8) is 0 Å². The Labute approximate surface area is 93.2 Å². The van der Waals surface area contributed by atoms with Crippen LogP contribution in [-0.4, -0.2) is 7.05 Å². The fraction of sp³-hybridized carbons (Fsp3) is 0.429. The van der Waals surface area contributed by atoms with Crippen LogP contribution in [0, 0.1) is 6.92 Å². The van der Waals surface area contributed by atoms with E-state index in [0.717, 1.165) is 12.8 Å². The van der Waals surface area contributed by atoms with Crippen molar-refractivity contribution in [3.8, 4) is 0 Å². The summed E-state index contributed by atoms with van der Waals surface area (Å²) in [6.07, 6.45) is 2.09. The Hall–Kier alpha value is -1.08. The van der Waals surface area contributed by atoms with E-state index in [1.54, 1.807) is 0 Å². The number of benzene rings is 1. The van der Waals surface area contributed by atoms with Gasteiger partial charge >= 0.3 is 0 Å². The molecule has 0 bridgehead atoms. The van der Waals surface area contributed by atoms with Crippen LogP contribution in [0.15, 0.2) is 36.4 Å². The van der Waals surface area contributed by atoms with Gasteiger partial charge in [-0.25, -0.2) is 0 Å². The van der Waals surface area contributed by atoms with Crippen LogP contribution in [0.5, 0.6) is 0 Å². The van der Waals surface area contributed by atoms with Gasteiger partial charge in [0.1, 0.15) is 0 Å². The molecule has 1 nitrogen and oxygen atoms in total. The van der Waals surface area contributed by atoms with E-state index in [4.69, 9.17) is 0 Å². The van der Waals surface area contributed by atoms with Gasteiger partial charge in [0.25, 0.3) is 0 Å². The minimum absolute atomic E-state index is 0.402. The first-order valence-corrected chi connectivity index (χ1v) is 5.58. The number of hydrogen-bond donors (Lipinski definition) is 1. The van der Waals surface area contributed by atoms with Crippen molar-refractivity contribution in [1.29, 1.82) is 0 Å². The van der Waals surface area contributed by atoms with Gasteiger partial charge in [0.15, 0.2) is 0 Å². The molecule has 0 aliphatic heterocycles. The van der Waals surface area contributed by atoms with Crippen LogP contribution in [0.1, 0.15) is 36.9 Å². The number of rotatable bonds is 5. The Morgan fingerprint density at radius 3 is 2.60 bits per heavy atom. The van der Waals surface area contributed by atoms with E-state index in [2.05, 4.69) is 50.0 Å². The molecule has 0 amide bonds. The maximum absolute atomic E-state index is 4.08. The Bertz CT molecular complexity index is 328. The third-order valence-corrected chi connectivity index (χ3v) is 2.91. The van der Waals surface area contributed by atoms with Crippen LogP contribution in [-0.2, 0) is 0 Å². The van der Waals surface area contributed by atoms with Crippen LogP contribution in [0.25, 0.3) is 0 Å². The lowest BCUT2D eigenvalue weighted by Crippen LogP contribution is -2.17. The highest BCUT2D eigenvalue weighted by Gasteiger charge is 2.11. The summed E-state index contributed by atoms with van der Waals surface area (Å²) in [5, 5.41) is 3.36. The highest BCUT2D eigenvalue weighted by Crippen LogP contribution is 2.23. The molecule has 1 aromatic rings. The summed E-state index contributed by atoms with van der Waals surface area (Å²) in [4.78, 5) is 0. The summed E-state index contributed by atoms with van der Waals surface area (Å²) >= 11 is 0. The van der Waals surface area contributed by atoms with Gasteiger partial charge in [-0.05, 0) is 37.9 Å². The Morgan fingerprint density at radius 1 is 1.40 bits per heavy atom. The fourth-order valence-electron chi connectivity index (χ4n) is 1.78. The lowest BCUT2D eigenvalue weighted by atomic mass is 9.95. The highest BCUT2D eigenvalue weighted by atomic mass is 14.9. The summed E-state index contributed by atoms with van der Waals surface area (Å²) in [6, 6.07) is 8.94. The number of aryl methyl sites for hydroxylation is 1. The van der Waals surface area contributed by atoms with E-state index >= 15 is 0 Å². The van der Waals surface area contributed by atoms with Crippen LogP contribution in [0.4, 0.5) is 0 Å². The van der Waals surface area contributed by atoms with Crippen molar-refractivity contribution in [1.82, 2.24) is 5.32 Å². The van der Waals surface area contributed by atoms with Gasteiger partial charge in [-0.15, -0.1) is 0 Å². The van der Waals surface area contributed by atoms with Crippen molar-refractivity contribution < 1.29 is 0 Å². The molecule has 0 aliphatic carbocycles. The van der Waals surface area contributed by atoms with Crippen molar-refractivity contribution in [2.24, 2.45) is 0 Å². The average molecular weight is 203 g/mol. The summed E-state index contributed by atoms with van der Waals surface area (Å²) in [5.74, 6) is 0.